The van der Waals surface area contributed by atoms with Gasteiger partial charge in [0.1, 0.15) is 12.4 Å². The van der Waals surface area contributed by atoms with Crippen molar-refractivity contribution in [2.45, 2.75) is 72.7 Å². The molecule has 1 atom stereocenters. The third kappa shape index (κ3) is 8.60. The van der Waals surface area contributed by atoms with Crippen molar-refractivity contribution in [2.24, 2.45) is 5.92 Å². The van der Waals surface area contributed by atoms with Crippen LogP contribution < -0.4 is 10.1 Å². The summed E-state index contributed by atoms with van der Waals surface area (Å²) in [5, 5.41) is 12.3. The Labute approximate surface area is 233 Å². The van der Waals surface area contributed by atoms with Crippen LogP contribution in [0.2, 0.25) is 0 Å². The highest BCUT2D eigenvalue weighted by Gasteiger charge is 2.33. The van der Waals surface area contributed by atoms with E-state index >= 15 is 0 Å². The summed E-state index contributed by atoms with van der Waals surface area (Å²) in [6, 6.07) is 14.5. The van der Waals surface area contributed by atoms with Crippen LogP contribution in [0.5, 0.6) is 5.75 Å². The first kappa shape index (κ1) is 30.7. The van der Waals surface area contributed by atoms with Crippen molar-refractivity contribution >= 4 is 11.9 Å². The third-order valence-corrected chi connectivity index (χ3v) is 6.56. The normalized spacial score (nSPS) is 12.3. The minimum absolute atomic E-state index is 0.0223. The summed E-state index contributed by atoms with van der Waals surface area (Å²) in [6.45, 7) is 9.36. The molecule has 214 valence electrons. The predicted molar refractivity (Wildman–Crippen MR) is 148 cm³/mol. The van der Waals surface area contributed by atoms with Crippen LogP contribution in [0.25, 0.3) is 0 Å². The maximum Gasteiger partial charge on any atom is 0.416 e. The molecule has 0 aliphatic heterocycles. The van der Waals surface area contributed by atoms with Crippen molar-refractivity contribution < 1.29 is 32.6 Å². The molecule has 1 amide bonds. The lowest BCUT2D eigenvalue weighted by Crippen LogP contribution is -2.30. The molecule has 0 saturated heterocycles. The molecule has 3 rings (SSSR count). The molecule has 0 heterocycles. The van der Waals surface area contributed by atoms with Gasteiger partial charge in [0.25, 0.3) is 5.91 Å². The van der Waals surface area contributed by atoms with Crippen molar-refractivity contribution in [1.29, 1.82) is 0 Å². The standard InChI is InChI=1S/C32H36F3NO4/c1-19(2)12-29(25-14-21(4)13-22(5)15-25)36-31(39)27-17-26(10-8-23(27)9-11-30(37)38)40-18-24-7-6-20(3)16-28(24)32(33,34)35/h6-8,10,13-17,19,29H,9,11-12,18H2,1-5H3,(H,36,39)(H,37,38). The lowest BCUT2D eigenvalue weighted by molar-refractivity contribution is -0.139. The Bertz CT molecular complexity index is 1340. The van der Waals surface area contributed by atoms with Gasteiger partial charge < -0.3 is 15.2 Å². The van der Waals surface area contributed by atoms with E-state index in [9.17, 15) is 27.9 Å². The van der Waals surface area contributed by atoms with Gasteiger partial charge in [-0.05, 0) is 68.9 Å². The highest BCUT2D eigenvalue weighted by Crippen LogP contribution is 2.33. The molecule has 0 bridgehead atoms. The minimum atomic E-state index is -4.53. The summed E-state index contributed by atoms with van der Waals surface area (Å²) in [7, 11) is 0. The summed E-state index contributed by atoms with van der Waals surface area (Å²) < 4.78 is 46.4. The second-order valence-corrected chi connectivity index (χ2v) is 10.7. The minimum Gasteiger partial charge on any atom is -0.489 e. The van der Waals surface area contributed by atoms with Gasteiger partial charge in [-0.25, -0.2) is 0 Å². The first-order valence-electron chi connectivity index (χ1n) is 13.3. The molecule has 3 aromatic carbocycles. The SMILES string of the molecule is Cc1cc(C)cc(C(CC(C)C)NC(=O)c2cc(OCc3ccc(C)cc3C(F)(F)F)ccc2CCC(=O)O)c1. The fourth-order valence-electron chi connectivity index (χ4n) is 4.75. The van der Waals surface area contributed by atoms with Crippen molar-refractivity contribution in [3.8, 4) is 5.75 Å². The largest absolute Gasteiger partial charge is 0.489 e. The van der Waals surface area contributed by atoms with Crippen LogP contribution in [-0.4, -0.2) is 17.0 Å². The van der Waals surface area contributed by atoms with E-state index in [4.69, 9.17) is 4.74 Å². The van der Waals surface area contributed by atoms with E-state index in [2.05, 4.69) is 25.2 Å². The van der Waals surface area contributed by atoms with Gasteiger partial charge >= 0.3 is 12.1 Å². The number of nitrogens with one attached hydrogen (secondary N) is 1. The molecule has 0 aliphatic rings. The van der Waals surface area contributed by atoms with Crippen LogP contribution in [0.3, 0.4) is 0 Å². The molecule has 3 aromatic rings. The van der Waals surface area contributed by atoms with Gasteiger partial charge in [0.15, 0.2) is 0 Å². The number of carboxylic acid groups (broad SMARTS) is 1. The average Bonchev–Trinajstić information content (AvgIpc) is 2.85. The summed E-state index contributed by atoms with van der Waals surface area (Å²) >= 11 is 0. The number of rotatable bonds is 11. The summed E-state index contributed by atoms with van der Waals surface area (Å²) in [4.78, 5) is 24.9. The van der Waals surface area contributed by atoms with E-state index in [1.807, 2.05) is 26.0 Å². The molecule has 2 N–H and O–H groups in total. The Morgan fingerprint density at radius 2 is 1.55 bits per heavy atom. The number of alkyl halides is 3. The van der Waals surface area contributed by atoms with E-state index in [1.54, 1.807) is 25.1 Å². The van der Waals surface area contributed by atoms with E-state index < -0.39 is 23.6 Å². The van der Waals surface area contributed by atoms with E-state index in [0.717, 1.165) is 22.8 Å². The van der Waals surface area contributed by atoms with Crippen LogP contribution in [0, 0.1) is 26.7 Å². The van der Waals surface area contributed by atoms with Gasteiger partial charge in [-0.1, -0.05) is 66.9 Å². The van der Waals surface area contributed by atoms with Gasteiger partial charge in [0.05, 0.1) is 11.6 Å². The van der Waals surface area contributed by atoms with Gasteiger partial charge in [-0.15, -0.1) is 0 Å². The Morgan fingerprint density at radius 3 is 2.15 bits per heavy atom. The van der Waals surface area contributed by atoms with Crippen molar-refractivity contribution in [1.82, 2.24) is 5.32 Å². The Balaban J connectivity index is 1.92. The monoisotopic (exact) mass is 555 g/mol. The number of ether oxygens (including phenoxy) is 1. The van der Waals surface area contributed by atoms with Gasteiger partial charge in [0, 0.05) is 17.5 Å². The average molecular weight is 556 g/mol. The molecule has 5 nitrogen and oxygen atoms in total. The number of hydrogen-bond acceptors (Lipinski definition) is 3. The fraction of sp³-hybridized carbons (Fsp3) is 0.375. The Kier molecular flexibility index (Phi) is 10.0. The number of aryl methyl sites for hydroxylation is 4. The van der Waals surface area contributed by atoms with Crippen LogP contribution in [0.15, 0.2) is 54.6 Å². The van der Waals surface area contributed by atoms with Crippen molar-refractivity contribution in [2.75, 3.05) is 0 Å². The predicted octanol–water partition coefficient (Wildman–Crippen LogP) is 7.74. The summed E-state index contributed by atoms with van der Waals surface area (Å²) in [5.41, 5.74) is 3.56. The number of carboxylic acids is 1. The number of carbonyl (C=O) groups is 2. The van der Waals surface area contributed by atoms with Crippen LogP contribution in [0.1, 0.15) is 82.0 Å². The highest BCUT2D eigenvalue weighted by atomic mass is 19.4. The van der Waals surface area contributed by atoms with Crippen molar-refractivity contribution in [3.05, 3.63) is 99.1 Å². The van der Waals surface area contributed by atoms with E-state index in [0.29, 0.717) is 17.5 Å². The highest BCUT2D eigenvalue weighted by molar-refractivity contribution is 5.96. The zero-order chi connectivity index (χ0) is 29.6. The van der Waals surface area contributed by atoms with Crippen molar-refractivity contribution in [3.63, 3.8) is 0 Å². The number of amides is 1. The molecule has 40 heavy (non-hydrogen) atoms. The van der Waals surface area contributed by atoms with Gasteiger partial charge in [-0.2, -0.15) is 13.2 Å². The number of carbonyl (C=O) groups excluding carboxylic acids is 1. The molecule has 0 saturated carbocycles. The number of benzene rings is 3. The molecule has 1 unspecified atom stereocenters. The summed E-state index contributed by atoms with van der Waals surface area (Å²) in [6.07, 6.45) is -3.91. The fourth-order valence-corrected chi connectivity index (χ4v) is 4.75. The maximum absolute atomic E-state index is 13.6. The Hall–Kier alpha value is -3.81. The number of aliphatic carboxylic acids is 1. The van der Waals surface area contributed by atoms with Crippen LogP contribution in [-0.2, 0) is 24.0 Å². The molecular weight excluding hydrogens is 519 g/mol. The molecule has 0 spiro atoms. The molecule has 0 radical (unpaired) electrons. The second kappa shape index (κ2) is 13.0. The lowest BCUT2D eigenvalue weighted by atomic mass is 9.93. The smallest absolute Gasteiger partial charge is 0.416 e. The maximum atomic E-state index is 13.6. The lowest BCUT2D eigenvalue weighted by Gasteiger charge is -2.23. The Morgan fingerprint density at radius 1 is 0.900 bits per heavy atom. The molecular formula is C32H36F3NO4. The van der Waals surface area contributed by atoms with Gasteiger partial charge in [-0.3, -0.25) is 9.59 Å². The zero-order valence-electron chi connectivity index (χ0n) is 23.5. The molecule has 8 heteroatoms. The molecule has 0 aromatic heterocycles. The molecule has 0 fully saturated rings. The van der Waals surface area contributed by atoms with Crippen LogP contribution >= 0.6 is 0 Å². The molecule has 0 aliphatic carbocycles. The quantitative estimate of drug-likeness (QED) is 0.254. The van der Waals surface area contributed by atoms with Crippen LogP contribution in [0.4, 0.5) is 13.2 Å². The van der Waals surface area contributed by atoms with Gasteiger partial charge in [0.2, 0.25) is 0 Å². The summed E-state index contributed by atoms with van der Waals surface area (Å²) in [5.74, 6) is -0.907. The number of halogens is 3. The first-order chi connectivity index (χ1) is 18.7. The number of hydrogen-bond donors (Lipinski definition) is 2. The van der Waals surface area contributed by atoms with E-state index in [-0.39, 0.29) is 48.3 Å². The van der Waals surface area contributed by atoms with E-state index in [1.165, 1.54) is 12.1 Å². The topological polar surface area (TPSA) is 75.6 Å². The first-order valence-corrected chi connectivity index (χ1v) is 13.3. The zero-order valence-corrected chi connectivity index (χ0v) is 23.5. The third-order valence-electron chi connectivity index (χ3n) is 6.56. The second-order valence-electron chi connectivity index (χ2n) is 10.7.